The molecule has 4 nitrogen and oxygen atoms in total. The quantitative estimate of drug-likeness (QED) is 0.740. The number of nitrogens with one attached hydrogen (secondary N) is 1. The first-order chi connectivity index (χ1) is 11.4. The van der Waals surface area contributed by atoms with E-state index in [1.54, 1.807) is 25.1 Å². The summed E-state index contributed by atoms with van der Waals surface area (Å²) >= 11 is 6.93. The average molecular weight is 386 g/mol. The Balaban J connectivity index is 2.39. The Labute approximate surface area is 151 Å². The van der Waals surface area contributed by atoms with Gasteiger partial charge >= 0.3 is 0 Å². The second kappa shape index (κ2) is 8.14. The van der Waals surface area contributed by atoms with Crippen LogP contribution in [0.3, 0.4) is 0 Å². The summed E-state index contributed by atoms with van der Waals surface area (Å²) in [6.07, 6.45) is 0.169. The Kier molecular flexibility index (Phi) is 6.43. The minimum absolute atomic E-state index is 0.0337. The molecule has 1 N–H and O–H groups in total. The van der Waals surface area contributed by atoms with Crippen molar-refractivity contribution < 1.29 is 13.2 Å². The number of rotatable bonds is 7. The zero-order valence-corrected chi connectivity index (χ0v) is 16.0. The molecule has 0 saturated carbocycles. The van der Waals surface area contributed by atoms with E-state index < -0.39 is 15.1 Å². The van der Waals surface area contributed by atoms with Crippen molar-refractivity contribution in [1.82, 2.24) is 5.32 Å². The third-order valence-corrected chi connectivity index (χ3v) is 7.24. The van der Waals surface area contributed by atoms with Crippen LogP contribution in [0.2, 0.25) is 0 Å². The molecular weight excluding hydrogens is 366 g/mol. The van der Waals surface area contributed by atoms with Gasteiger partial charge < -0.3 is 5.32 Å². The second-order valence-corrected chi connectivity index (χ2v) is 9.02. The van der Waals surface area contributed by atoms with Crippen LogP contribution in [0.15, 0.2) is 40.6 Å². The van der Waals surface area contributed by atoms with Crippen LogP contribution in [0.4, 0.5) is 0 Å². The zero-order valence-electron chi connectivity index (χ0n) is 13.6. The van der Waals surface area contributed by atoms with Crippen LogP contribution in [0.5, 0.6) is 0 Å². The summed E-state index contributed by atoms with van der Waals surface area (Å²) in [7, 11) is -3.63. The number of thiophene rings is 1. The predicted molar refractivity (Wildman–Crippen MR) is 98.5 cm³/mol. The summed E-state index contributed by atoms with van der Waals surface area (Å²) in [6.45, 7) is 3.68. The molecule has 0 unspecified atom stereocenters. The van der Waals surface area contributed by atoms with Crippen molar-refractivity contribution in [3.05, 3.63) is 51.7 Å². The fourth-order valence-corrected chi connectivity index (χ4v) is 5.67. The first-order valence-electron chi connectivity index (χ1n) is 7.53. The lowest BCUT2D eigenvalue weighted by molar-refractivity contribution is -0.120. The maximum absolute atomic E-state index is 13.2. The van der Waals surface area contributed by atoms with E-state index >= 15 is 0 Å². The van der Waals surface area contributed by atoms with Gasteiger partial charge in [0.25, 0.3) is 0 Å². The Morgan fingerprint density at radius 3 is 2.67 bits per heavy atom. The topological polar surface area (TPSA) is 63.2 Å². The fraction of sp³-hybridized carbons (Fsp3) is 0.353. The molecule has 24 heavy (non-hydrogen) atoms. The number of aryl methyl sites for hydroxylation is 2. The molecule has 0 aliphatic rings. The first-order valence-corrected chi connectivity index (χ1v) is 10.5. The number of amides is 1. The molecule has 0 spiro atoms. The van der Waals surface area contributed by atoms with Gasteiger partial charge in [0.2, 0.25) is 5.91 Å². The number of benzene rings is 1. The Morgan fingerprint density at radius 1 is 1.29 bits per heavy atom. The van der Waals surface area contributed by atoms with Gasteiger partial charge in [-0.2, -0.15) is 0 Å². The number of hydrogen-bond acceptors (Lipinski definition) is 4. The lowest BCUT2D eigenvalue weighted by Gasteiger charge is -2.19. The molecular formula is C17H20ClNO3S2. The number of carbonyl (C=O) groups is 1. The van der Waals surface area contributed by atoms with Gasteiger partial charge in [0.1, 0.15) is 5.25 Å². The van der Waals surface area contributed by atoms with E-state index in [-0.39, 0.29) is 24.8 Å². The number of sulfone groups is 1. The maximum atomic E-state index is 13.2. The molecule has 0 fully saturated rings. The monoisotopic (exact) mass is 385 g/mol. The van der Waals surface area contributed by atoms with Gasteiger partial charge in [-0.05, 0) is 42.5 Å². The highest BCUT2D eigenvalue weighted by atomic mass is 35.5. The van der Waals surface area contributed by atoms with Crippen LogP contribution in [-0.4, -0.2) is 26.7 Å². The molecule has 1 aromatic heterocycles. The minimum atomic E-state index is -3.63. The molecule has 0 aliphatic carbocycles. The lowest BCUT2D eigenvalue weighted by atomic mass is 10.2. The van der Waals surface area contributed by atoms with Crippen molar-refractivity contribution in [3.63, 3.8) is 0 Å². The normalized spacial score (nSPS) is 12.8. The molecule has 0 saturated heterocycles. The number of halogens is 1. The standard InChI is InChI=1S/C17H20ClNO3S2/c1-12-5-6-13(2)15(10-12)24(21,22)16(14-4-3-9-23-14)11-19-17(20)7-8-18/h3-6,9-10,16H,7-8,11H2,1-2H3,(H,19,20)/t16-/m1/s1. The van der Waals surface area contributed by atoms with Gasteiger partial charge in [-0.15, -0.1) is 22.9 Å². The average Bonchev–Trinajstić information content (AvgIpc) is 3.04. The summed E-state index contributed by atoms with van der Waals surface area (Å²) in [5, 5.41) is 3.71. The van der Waals surface area contributed by atoms with Gasteiger partial charge in [-0.3, -0.25) is 4.79 Å². The van der Waals surface area contributed by atoms with Gasteiger partial charge in [-0.1, -0.05) is 18.2 Å². The van der Waals surface area contributed by atoms with E-state index in [4.69, 9.17) is 11.6 Å². The van der Waals surface area contributed by atoms with Crippen molar-refractivity contribution >= 4 is 38.7 Å². The molecule has 2 aromatic rings. The van der Waals surface area contributed by atoms with Crippen LogP contribution in [0.25, 0.3) is 0 Å². The maximum Gasteiger partial charge on any atom is 0.221 e. The Hall–Kier alpha value is -1.37. The van der Waals surface area contributed by atoms with Gasteiger partial charge in [0.15, 0.2) is 9.84 Å². The van der Waals surface area contributed by atoms with Crippen molar-refractivity contribution in [3.8, 4) is 0 Å². The van der Waals surface area contributed by atoms with Crippen molar-refractivity contribution in [1.29, 1.82) is 0 Å². The first kappa shape index (κ1) is 19.0. The van der Waals surface area contributed by atoms with E-state index in [0.29, 0.717) is 15.3 Å². The smallest absolute Gasteiger partial charge is 0.221 e. The summed E-state index contributed by atoms with van der Waals surface area (Å²) in [6, 6.07) is 8.97. The molecule has 0 bridgehead atoms. The summed E-state index contributed by atoms with van der Waals surface area (Å²) < 4.78 is 26.4. The van der Waals surface area contributed by atoms with E-state index in [9.17, 15) is 13.2 Å². The van der Waals surface area contributed by atoms with Crippen molar-refractivity contribution in [2.75, 3.05) is 12.4 Å². The van der Waals surface area contributed by atoms with Crippen molar-refractivity contribution in [2.24, 2.45) is 0 Å². The molecule has 2 rings (SSSR count). The third kappa shape index (κ3) is 4.37. The highest BCUT2D eigenvalue weighted by Crippen LogP contribution is 2.33. The Bertz CT molecular complexity index is 801. The van der Waals surface area contributed by atoms with Gasteiger partial charge in [0.05, 0.1) is 4.90 Å². The van der Waals surface area contributed by atoms with E-state index in [0.717, 1.165) is 5.56 Å². The number of alkyl halides is 1. The van der Waals surface area contributed by atoms with Crippen molar-refractivity contribution in [2.45, 2.75) is 30.4 Å². The molecule has 7 heteroatoms. The summed E-state index contributed by atoms with van der Waals surface area (Å²) in [4.78, 5) is 12.7. The summed E-state index contributed by atoms with van der Waals surface area (Å²) in [5.41, 5.74) is 1.59. The van der Waals surface area contributed by atoms with Gasteiger partial charge in [0, 0.05) is 23.7 Å². The zero-order chi connectivity index (χ0) is 17.7. The van der Waals surface area contributed by atoms with E-state index in [2.05, 4.69) is 5.32 Å². The Morgan fingerprint density at radius 2 is 2.04 bits per heavy atom. The van der Waals surface area contributed by atoms with Crippen LogP contribution in [0.1, 0.15) is 27.7 Å². The van der Waals surface area contributed by atoms with Gasteiger partial charge in [-0.25, -0.2) is 8.42 Å². The second-order valence-electron chi connectivity index (χ2n) is 5.56. The highest BCUT2D eigenvalue weighted by molar-refractivity contribution is 7.92. The molecule has 1 aromatic carbocycles. The van der Waals surface area contributed by atoms with Crippen LogP contribution >= 0.6 is 22.9 Å². The highest BCUT2D eigenvalue weighted by Gasteiger charge is 2.31. The number of hydrogen-bond donors (Lipinski definition) is 1. The predicted octanol–water partition coefficient (Wildman–Crippen LogP) is 3.63. The van der Waals surface area contributed by atoms with Crippen LogP contribution in [-0.2, 0) is 14.6 Å². The van der Waals surface area contributed by atoms with E-state index in [1.807, 2.05) is 24.4 Å². The SMILES string of the molecule is Cc1ccc(C)c(S(=O)(=O)[C@H](CNC(=O)CCCl)c2cccs2)c1. The third-order valence-electron chi connectivity index (χ3n) is 3.69. The van der Waals surface area contributed by atoms with Crippen LogP contribution < -0.4 is 5.32 Å². The number of carbonyl (C=O) groups excluding carboxylic acids is 1. The fourth-order valence-electron chi connectivity index (χ4n) is 2.39. The lowest BCUT2D eigenvalue weighted by Crippen LogP contribution is -2.31. The minimum Gasteiger partial charge on any atom is -0.354 e. The molecule has 1 heterocycles. The van der Waals surface area contributed by atoms with Crippen LogP contribution in [0, 0.1) is 13.8 Å². The molecule has 0 aliphatic heterocycles. The summed E-state index contributed by atoms with van der Waals surface area (Å²) in [5.74, 6) is -0.0399. The molecule has 1 amide bonds. The largest absolute Gasteiger partial charge is 0.354 e. The molecule has 0 radical (unpaired) electrons. The molecule has 130 valence electrons. The van der Waals surface area contributed by atoms with E-state index in [1.165, 1.54) is 11.3 Å². The molecule has 1 atom stereocenters.